The number of sulfonamides is 2. The molecule has 0 saturated heterocycles. The fourth-order valence-electron chi connectivity index (χ4n) is 2.50. The summed E-state index contributed by atoms with van der Waals surface area (Å²) in [4.78, 5) is -0.639. The summed E-state index contributed by atoms with van der Waals surface area (Å²) in [6, 6.07) is 12.9. The molecular formula is C19H14F4N2O5S2. The molecule has 170 valence electrons. The molecule has 0 fully saturated rings. The molecule has 0 heterocycles. The Morgan fingerprint density at radius 3 is 1.47 bits per heavy atom. The van der Waals surface area contributed by atoms with E-state index in [4.69, 9.17) is 0 Å². The Hall–Kier alpha value is -3.32. The van der Waals surface area contributed by atoms with Gasteiger partial charge in [-0.15, -0.1) is 13.2 Å². The number of para-hydroxylation sites is 2. The van der Waals surface area contributed by atoms with E-state index in [1.807, 2.05) is 0 Å². The molecule has 7 nitrogen and oxygen atoms in total. The average Bonchev–Trinajstić information content (AvgIpc) is 2.69. The number of ether oxygens (including phenoxy) is 1. The summed E-state index contributed by atoms with van der Waals surface area (Å²) in [5.41, 5.74) is -0.272. The molecule has 0 spiro atoms. The topological polar surface area (TPSA) is 102 Å². The van der Waals surface area contributed by atoms with E-state index in [0.717, 1.165) is 48.5 Å². The quantitative estimate of drug-likeness (QED) is 0.480. The first-order chi connectivity index (χ1) is 14.9. The SMILES string of the molecule is O=S(=O)(Nc1ccccc1NS(=O)(=O)c1ccc(OC(F)(F)F)cc1)c1ccc(F)cc1. The van der Waals surface area contributed by atoms with Gasteiger partial charge in [0.1, 0.15) is 11.6 Å². The third kappa shape index (κ3) is 5.88. The van der Waals surface area contributed by atoms with Crippen LogP contribution in [0.5, 0.6) is 5.75 Å². The second-order valence-electron chi connectivity index (χ2n) is 6.23. The standard InChI is InChI=1S/C19H14F4N2O5S2/c20-13-5-9-15(10-6-13)31(26,27)24-17-3-1-2-4-18(17)25-32(28,29)16-11-7-14(8-12-16)30-19(21,22)23/h1-12,24-25H. The van der Waals surface area contributed by atoms with E-state index in [1.165, 1.54) is 24.3 Å². The highest BCUT2D eigenvalue weighted by Crippen LogP contribution is 2.28. The number of halogens is 4. The van der Waals surface area contributed by atoms with Gasteiger partial charge in [0.2, 0.25) is 0 Å². The van der Waals surface area contributed by atoms with Crippen molar-refractivity contribution < 1.29 is 39.1 Å². The summed E-state index contributed by atoms with van der Waals surface area (Å²) >= 11 is 0. The molecule has 3 aromatic rings. The van der Waals surface area contributed by atoms with Crippen LogP contribution in [-0.2, 0) is 20.0 Å². The van der Waals surface area contributed by atoms with E-state index in [2.05, 4.69) is 14.2 Å². The Morgan fingerprint density at radius 2 is 1.06 bits per heavy atom. The minimum atomic E-state index is -4.93. The minimum Gasteiger partial charge on any atom is -0.406 e. The van der Waals surface area contributed by atoms with Gasteiger partial charge in [-0.25, -0.2) is 21.2 Å². The number of anilines is 2. The maximum absolute atomic E-state index is 13.1. The molecule has 0 aliphatic heterocycles. The molecule has 3 aromatic carbocycles. The molecule has 13 heteroatoms. The van der Waals surface area contributed by atoms with Crippen molar-refractivity contribution in [1.29, 1.82) is 0 Å². The highest BCUT2D eigenvalue weighted by molar-refractivity contribution is 7.93. The molecule has 0 unspecified atom stereocenters. The smallest absolute Gasteiger partial charge is 0.406 e. The van der Waals surface area contributed by atoms with Crippen LogP contribution in [0.4, 0.5) is 28.9 Å². The zero-order chi connectivity index (χ0) is 23.6. The minimum absolute atomic E-state index is 0.127. The Balaban J connectivity index is 1.84. The summed E-state index contributed by atoms with van der Waals surface area (Å²) in [5.74, 6) is -1.24. The summed E-state index contributed by atoms with van der Waals surface area (Å²) in [6.07, 6.45) is -4.93. The van der Waals surface area contributed by atoms with Crippen LogP contribution in [0.15, 0.2) is 82.6 Å². The van der Waals surface area contributed by atoms with Crippen molar-refractivity contribution in [2.24, 2.45) is 0 Å². The van der Waals surface area contributed by atoms with Gasteiger partial charge >= 0.3 is 6.36 Å². The average molecular weight is 490 g/mol. The van der Waals surface area contributed by atoms with Crippen LogP contribution in [0.2, 0.25) is 0 Å². The van der Waals surface area contributed by atoms with Gasteiger partial charge in [-0.3, -0.25) is 9.44 Å². The van der Waals surface area contributed by atoms with Gasteiger partial charge in [-0.05, 0) is 60.7 Å². The molecule has 0 saturated carbocycles. The molecule has 0 amide bonds. The van der Waals surface area contributed by atoms with Gasteiger partial charge in [0.25, 0.3) is 20.0 Å². The number of nitrogens with one attached hydrogen (secondary N) is 2. The second kappa shape index (κ2) is 8.67. The summed E-state index contributed by atoms with van der Waals surface area (Å²) in [7, 11) is -8.46. The molecule has 0 aromatic heterocycles. The number of benzene rings is 3. The van der Waals surface area contributed by atoms with Gasteiger partial charge in [0.05, 0.1) is 21.2 Å². The van der Waals surface area contributed by atoms with E-state index >= 15 is 0 Å². The first-order valence-electron chi connectivity index (χ1n) is 8.62. The fourth-order valence-corrected chi connectivity index (χ4v) is 4.66. The van der Waals surface area contributed by atoms with Crippen LogP contribution in [0.3, 0.4) is 0 Å². The summed E-state index contributed by atoms with van der Waals surface area (Å²) in [5, 5.41) is 0. The molecule has 3 rings (SSSR count). The molecule has 0 aliphatic carbocycles. The Bertz CT molecular complexity index is 1310. The summed E-state index contributed by atoms with van der Waals surface area (Å²) in [6.45, 7) is 0. The van der Waals surface area contributed by atoms with Crippen molar-refractivity contribution >= 4 is 31.4 Å². The van der Waals surface area contributed by atoms with Crippen molar-refractivity contribution in [3.8, 4) is 5.75 Å². The highest BCUT2D eigenvalue weighted by Gasteiger charge is 2.31. The summed E-state index contributed by atoms with van der Waals surface area (Å²) < 4.78 is 108. The number of hydrogen-bond donors (Lipinski definition) is 2. The molecular weight excluding hydrogens is 476 g/mol. The third-order valence-electron chi connectivity index (χ3n) is 3.91. The first-order valence-corrected chi connectivity index (χ1v) is 11.6. The number of alkyl halides is 3. The van der Waals surface area contributed by atoms with E-state index in [-0.39, 0.29) is 21.2 Å². The zero-order valence-corrected chi connectivity index (χ0v) is 17.4. The van der Waals surface area contributed by atoms with Crippen molar-refractivity contribution in [2.45, 2.75) is 16.2 Å². The van der Waals surface area contributed by atoms with Gasteiger partial charge in [-0.2, -0.15) is 0 Å². The lowest BCUT2D eigenvalue weighted by Crippen LogP contribution is -2.18. The predicted molar refractivity (Wildman–Crippen MR) is 108 cm³/mol. The second-order valence-corrected chi connectivity index (χ2v) is 9.59. The van der Waals surface area contributed by atoms with Crippen LogP contribution >= 0.6 is 0 Å². The number of hydrogen-bond acceptors (Lipinski definition) is 5. The van der Waals surface area contributed by atoms with Gasteiger partial charge in [-0.1, -0.05) is 12.1 Å². The maximum Gasteiger partial charge on any atom is 0.573 e. The predicted octanol–water partition coefficient (Wildman–Crippen LogP) is 4.33. The van der Waals surface area contributed by atoms with Crippen LogP contribution in [0, 0.1) is 5.82 Å². The van der Waals surface area contributed by atoms with Crippen LogP contribution in [0.25, 0.3) is 0 Å². The van der Waals surface area contributed by atoms with E-state index in [0.29, 0.717) is 0 Å². The molecule has 0 aliphatic rings. The van der Waals surface area contributed by atoms with Gasteiger partial charge in [0.15, 0.2) is 0 Å². The van der Waals surface area contributed by atoms with E-state index in [9.17, 15) is 34.4 Å². The normalized spacial score (nSPS) is 12.2. The van der Waals surface area contributed by atoms with E-state index < -0.39 is 38.0 Å². The van der Waals surface area contributed by atoms with E-state index in [1.54, 1.807) is 0 Å². The zero-order valence-electron chi connectivity index (χ0n) is 15.8. The van der Waals surface area contributed by atoms with Crippen LogP contribution < -0.4 is 14.2 Å². The Kier molecular flexibility index (Phi) is 6.32. The largest absolute Gasteiger partial charge is 0.573 e. The molecule has 2 N–H and O–H groups in total. The maximum atomic E-state index is 13.1. The molecule has 0 atom stereocenters. The van der Waals surface area contributed by atoms with Crippen LogP contribution in [0.1, 0.15) is 0 Å². The number of rotatable bonds is 7. The molecule has 32 heavy (non-hydrogen) atoms. The fraction of sp³-hybridized carbons (Fsp3) is 0.0526. The Morgan fingerprint density at radius 1 is 0.656 bits per heavy atom. The lowest BCUT2D eigenvalue weighted by Gasteiger charge is -2.15. The third-order valence-corrected chi connectivity index (χ3v) is 6.67. The monoisotopic (exact) mass is 490 g/mol. The highest BCUT2D eigenvalue weighted by atomic mass is 32.2. The van der Waals surface area contributed by atoms with Gasteiger partial charge < -0.3 is 4.74 Å². The molecule has 0 bridgehead atoms. The van der Waals surface area contributed by atoms with Gasteiger partial charge in [0, 0.05) is 0 Å². The Labute approximate surface area is 180 Å². The van der Waals surface area contributed by atoms with Crippen molar-refractivity contribution in [3.05, 3.63) is 78.6 Å². The van der Waals surface area contributed by atoms with Crippen molar-refractivity contribution in [1.82, 2.24) is 0 Å². The first kappa shape index (κ1) is 23.3. The van der Waals surface area contributed by atoms with Crippen molar-refractivity contribution in [2.75, 3.05) is 9.44 Å². The van der Waals surface area contributed by atoms with Crippen molar-refractivity contribution in [3.63, 3.8) is 0 Å². The lowest BCUT2D eigenvalue weighted by molar-refractivity contribution is -0.274. The molecule has 0 radical (unpaired) electrons. The van der Waals surface area contributed by atoms with Crippen LogP contribution in [-0.4, -0.2) is 23.2 Å². The lowest BCUT2D eigenvalue weighted by atomic mass is 10.3.